The molecule has 1 aliphatic rings. The minimum Gasteiger partial charge on any atom is -0.378 e. The number of nitrogens with zero attached hydrogens (tertiary/aromatic N) is 5. The number of ether oxygens (including phenoxy) is 1. The Hall–Kier alpha value is -2.91. The van der Waals surface area contributed by atoms with Gasteiger partial charge >= 0.3 is 0 Å². The minimum absolute atomic E-state index is 0.0129. The summed E-state index contributed by atoms with van der Waals surface area (Å²) >= 11 is 1.47. The van der Waals surface area contributed by atoms with Gasteiger partial charge in [-0.3, -0.25) is 14.3 Å². The SMILES string of the molecule is CC(C)C(Sc1nnc(N2CCOCC2)n1Cc1ccccc1)C(=O)NCc1cccnc1. The van der Waals surface area contributed by atoms with Crippen molar-refractivity contribution in [1.29, 1.82) is 0 Å². The van der Waals surface area contributed by atoms with Crippen LogP contribution in [0.3, 0.4) is 0 Å². The summed E-state index contributed by atoms with van der Waals surface area (Å²) in [6.45, 7) is 8.10. The van der Waals surface area contributed by atoms with Crippen molar-refractivity contribution in [2.45, 2.75) is 37.3 Å². The van der Waals surface area contributed by atoms with E-state index in [1.165, 1.54) is 11.8 Å². The predicted octanol–water partition coefficient (Wildman–Crippen LogP) is 2.99. The number of hydrogen-bond acceptors (Lipinski definition) is 7. The van der Waals surface area contributed by atoms with Gasteiger partial charge in [0, 0.05) is 32.0 Å². The van der Waals surface area contributed by atoms with Crippen LogP contribution in [-0.4, -0.2) is 57.2 Å². The van der Waals surface area contributed by atoms with E-state index < -0.39 is 0 Å². The van der Waals surface area contributed by atoms with Crippen molar-refractivity contribution in [2.75, 3.05) is 31.2 Å². The minimum atomic E-state index is -0.294. The van der Waals surface area contributed by atoms with Crippen molar-refractivity contribution >= 4 is 23.6 Å². The largest absolute Gasteiger partial charge is 0.378 e. The van der Waals surface area contributed by atoms with E-state index in [0.29, 0.717) is 26.3 Å². The fourth-order valence-electron chi connectivity index (χ4n) is 3.67. The van der Waals surface area contributed by atoms with Crippen molar-refractivity contribution < 1.29 is 9.53 Å². The molecule has 0 saturated carbocycles. The molecule has 9 heteroatoms. The van der Waals surface area contributed by atoms with Gasteiger partial charge in [-0.2, -0.15) is 0 Å². The number of aromatic nitrogens is 4. The summed E-state index contributed by atoms with van der Waals surface area (Å²) in [5.41, 5.74) is 2.14. The Balaban J connectivity index is 1.55. The lowest BCUT2D eigenvalue weighted by atomic mass is 10.1. The molecule has 0 spiro atoms. The number of thioether (sulfide) groups is 1. The lowest BCUT2D eigenvalue weighted by Gasteiger charge is -2.28. The summed E-state index contributed by atoms with van der Waals surface area (Å²) in [7, 11) is 0. The Bertz CT molecular complexity index is 1020. The first-order chi connectivity index (χ1) is 16.1. The Kier molecular flexibility index (Phi) is 7.96. The summed E-state index contributed by atoms with van der Waals surface area (Å²) in [6, 6.07) is 14.1. The maximum Gasteiger partial charge on any atom is 0.234 e. The van der Waals surface area contributed by atoms with Gasteiger partial charge in [0.25, 0.3) is 0 Å². The van der Waals surface area contributed by atoms with Crippen LogP contribution >= 0.6 is 11.8 Å². The average Bonchev–Trinajstić information content (AvgIpc) is 3.24. The Morgan fingerprint density at radius 1 is 1.09 bits per heavy atom. The van der Waals surface area contributed by atoms with Gasteiger partial charge in [0.2, 0.25) is 11.9 Å². The molecule has 1 aliphatic heterocycles. The third kappa shape index (κ3) is 6.11. The lowest BCUT2D eigenvalue weighted by Crippen LogP contribution is -2.38. The predicted molar refractivity (Wildman–Crippen MR) is 129 cm³/mol. The van der Waals surface area contributed by atoms with Crippen LogP contribution in [0.15, 0.2) is 60.0 Å². The summed E-state index contributed by atoms with van der Waals surface area (Å²) in [6.07, 6.45) is 3.49. The molecule has 1 amide bonds. The second-order valence-corrected chi connectivity index (χ2v) is 9.42. The zero-order valence-electron chi connectivity index (χ0n) is 19.1. The fourth-order valence-corrected chi connectivity index (χ4v) is 4.72. The van der Waals surface area contributed by atoms with E-state index >= 15 is 0 Å². The van der Waals surface area contributed by atoms with Crippen molar-refractivity contribution in [3.63, 3.8) is 0 Å². The topological polar surface area (TPSA) is 85.2 Å². The molecule has 1 unspecified atom stereocenters. The molecule has 2 aromatic heterocycles. The molecule has 1 atom stereocenters. The Morgan fingerprint density at radius 2 is 1.85 bits per heavy atom. The Labute approximate surface area is 198 Å². The van der Waals surface area contributed by atoms with E-state index in [1.807, 2.05) is 30.3 Å². The molecular weight excluding hydrogens is 436 g/mol. The molecule has 3 aromatic rings. The van der Waals surface area contributed by atoms with E-state index in [1.54, 1.807) is 12.4 Å². The maximum absolute atomic E-state index is 13.1. The van der Waals surface area contributed by atoms with Crippen LogP contribution in [0.1, 0.15) is 25.0 Å². The zero-order chi connectivity index (χ0) is 23.0. The smallest absolute Gasteiger partial charge is 0.234 e. The zero-order valence-corrected chi connectivity index (χ0v) is 19.9. The first kappa shape index (κ1) is 23.3. The highest BCUT2D eigenvalue weighted by molar-refractivity contribution is 8.00. The summed E-state index contributed by atoms with van der Waals surface area (Å²) in [5, 5.41) is 12.5. The highest BCUT2D eigenvalue weighted by atomic mass is 32.2. The van der Waals surface area contributed by atoms with Crippen LogP contribution in [0.5, 0.6) is 0 Å². The molecule has 0 bridgehead atoms. The number of morpholine rings is 1. The van der Waals surface area contributed by atoms with Crippen LogP contribution in [0, 0.1) is 5.92 Å². The van der Waals surface area contributed by atoms with Crippen molar-refractivity contribution in [2.24, 2.45) is 5.92 Å². The molecule has 4 rings (SSSR count). The third-order valence-corrected chi connectivity index (χ3v) is 6.99. The summed E-state index contributed by atoms with van der Waals surface area (Å²) < 4.78 is 7.64. The van der Waals surface area contributed by atoms with E-state index in [-0.39, 0.29) is 17.1 Å². The molecule has 1 fully saturated rings. The molecule has 33 heavy (non-hydrogen) atoms. The van der Waals surface area contributed by atoms with Gasteiger partial charge in [-0.15, -0.1) is 10.2 Å². The number of amides is 1. The lowest BCUT2D eigenvalue weighted by molar-refractivity contribution is -0.121. The van der Waals surface area contributed by atoms with Gasteiger partial charge in [0.15, 0.2) is 5.16 Å². The maximum atomic E-state index is 13.1. The van der Waals surface area contributed by atoms with Crippen LogP contribution in [0.4, 0.5) is 5.95 Å². The third-order valence-electron chi connectivity index (χ3n) is 5.46. The molecule has 3 heterocycles. The molecule has 0 radical (unpaired) electrons. The quantitative estimate of drug-likeness (QED) is 0.485. The normalized spacial score (nSPS) is 14.9. The van der Waals surface area contributed by atoms with E-state index in [2.05, 4.69) is 55.9 Å². The van der Waals surface area contributed by atoms with Crippen LogP contribution in [0.2, 0.25) is 0 Å². The summed E-state index contributed by atoms with van der Waals surface area (Å²) in [4.78, 5) is 19.4. The van der Waals surface area contributed by atoms with Gasteiger partial charge in [-0.1, -0.05) is 62.0 Å². The second kappa shape index (κ2) is 11.3. The molecule has 1 N–H and O–H groups in total. The number of hydrogen-bond donors (Lipinski definition) is 1. The van der Waals surface area contributed by atoms with Crippen molar-refractivity contribution in [3.8, 4) is 0 Å². The first-order valence-electron chi connectivity index (χ1n) is 11.2. The number of carbonyl (C=O) groups excluding carboxylic acids is 1. The van der Waals surface area contributed by atoms with Gasteiger partial charge in [-0.05, 0) is 23.1 Å². The molecule has 1 saturated heterocycles. The second-order valence-electron chi connectivity index (χ2n) is 8.32. The first-order valence-corrected chi connectivity index (χ1v) is 12.1. The van der Waals surface area contributed by atoms with Gasteiger partial charge in [0.05, 0.1) is 25.0 Å². The highest BCUT2D eigenvalue weighted by Crippen LogP contribution is 2.30. The average molecular weight is 467 g/mol. The summed E-state index contributed by atoms with van der Waals surface area (Å²) in [5.74, 6) is 0.932. The number of benzene rings is 1. The number of carbonyl (C=O) groups is 1. The number of nitrogens with one attached hydrogen (secondary N) is 1. The van der Waals surface area contributed by atoms with E-state index in [9.17, 15) is 4.79 Å². The molecule has 1 aromatic carbocycles. The molecule has 0 aliphatic carbocycles. The van der Waals surface area contributed by atoms with E-state index in [4.69, 9.17) is 4.74 Å². The highest BCUT2D eigenvalue weighted by Gasteiger charge is 2.28. The number of pyridine rings is 1. The van der Waals surface area contributed by atoms with Crippen molar-refractivity contribution in [1.82, 2.24) is 25.1 Å². The van der Waals surface area contributed by atoms with Crippen LogP contribution in [0.25, 0.3) is 0 Å². The molecule has 174 valence electrons. The standard InChI is InChI=1S/C24H30N6O2S/c1-18(2)21(22(31)26-16-20-9-6-10-25-15-20)33-24-28-27-23(29-11-13-32-14-12-29)30(24)17-19-7-4-3-5-8-19/h3-10,15,18,21H,11-14,16-17H2,1-2H3,(H,26,31). The Morgan fingerprint density at radius 3 is 2.55 bits per heavy atom. The molecular formula is C24H30N6O2S. The molecule has 8 nitrogen and oxygen atoms in total. The van der Waals surface area contributed by atoms with E-state index in [0.717, 1.165) is 35.3 Å². The van der Waals surface area contributed by atoms with Crippen LogP contribution < -0.4 is 10.2 Å². The van der Waals surface area contributed by atoms with Gasteiger partial charge in [-0.25, -0.2) is 0 Å². The van der Waals surface area contributed by atoms with Gasteiger partial charge in [0.1, 0.15) is 0 Å². The monoisotopic (exact) mass is 466 g/mol. The van der Waals surface area contributed by atoms with Crippen LogP contribution in [-0.2, 0) is 22.6 Å². The van der Waals surface area contributed by atoms with Crippen molar-refractivity contribution in [3.05, 3.63) is 66.0 Å². The number of rotatable bonds is 9. The number of anilines is 1. The van der Waals surface area contributed by atoms with Gasteiger partial charge < -0.3 is 15.0 Å². The fraction of sp³-hybridized carbons (Fsp3) is 0.417.